The van der Waals surface area contributed by atoms with E-state index >= 15 is 0 Å². The fourth-order valence-corrected chi connectivity index (χ4v) is 1.82. The van der Waals surface area contributed by atoms with E-state index in [9.17, 15) is 13.6 Å². The zero-order chi connectivity index (χ0) is 14.4. The molecule has 0 saturated heterocycles. The fraction of sp³-hybridized carbons (Fsp3) is 0.417. The van der Waals surface area contributed by atoms with E-state index in [1.165, 1.54) is 6.07 Å². The van der Waals surface area contributed by atoms with Gasteiger partial charge in [-0.2, -0.15) is 0 Å². The van der Waals surface area contributed by atoms with Gasteiger partial charge in [0.2, 0.25) is 0 Å². The van der Waals surface area contributed by atoms with Gasteiger partial charge < -0.3 is 15.3 Å². The highest BCUT2D eigenvalue weighted by Crippen LogP contribution is 2.22. The van der Waals surface area contributed by atoms with Crippen molar-refractivity contribution in [3.8, 4) is 0 Å². The number of amides is 1. The Labute approximate surface area is 115 Å². The Morgan fingerprint density at radius 1 is 1.53 bits per heavy atom. The topological polar surface area (TPSA) is 52.6 Å². The highest BCUT2D eigenvalue weighted by molar-refractivity contribution is 6.31. The Balaban J connectivity index is 3.04. The molecule has 4 nitrogen and oxygen atoms in total. The van der Waals surface area contributed by atoms with E-state index in [0.29, 0.717) is 10.7 Å². The van der Waals surface area contributed by atoms with Gasteiger partial charge in [-0.25, -0.2) is 8.78 Å². The number of nitrogens with one attached hydrogen (secondary N) is 1. The quantitative estimate of drug-likeness (QED) is 0.844. The number of aliphatic hydroxyl groups excluding tert-OH is 1. The number of benzene rings is 1. The molecule has 0 radical (unpaired) electrons. The van der Waals surface area contributed by atoms with Gasteiger partial charge in [0.15, 0.2) is 0 Å². The van der Waals surface area contributed by atoms with E-state index in [1.54, 1.807) is 19.2 Å². The number of rotatable bonds is 6. The molecule has 0 aromatic heterocycles. The number of hydrogen-bond acceptors (Lipinski definition) is 3. The summed E-state index contributed by atoms with van der Waals surface area (Å²) in [5, 5.41) is 12.0. The third-order valence-corrected chi connectivity index (χ3v) is 2.73. The Hall–Kier alpha value is -1.40. The zero-order valence-corrected chi connectivity index (χ0v) is 11.1. The number of alkyl halides is 2. The van der Waals surface area contributed by atoms with Crippen LogP contribution in [0, 0.1) is 0 Å². The second-order valence-electron chi connectivity index (χ2n) is 3.81. The molecular weight excluding hydrogens is 278 g/mol. The van der Waals surface area contributed by atoms with Crippen LogP contribution in [0.15, 0.2) is 18.2 Å². The SMILES string of the molecule is CNc1ccc(Cl)cc1C(=O)N(CCO)CC(F)F. The van der Waals surface area contributed by atoms with Crippen molar-refractivity contribution in [2.45, 2.75) is 6.43 Å². The Bertz CT molecular complexity index is 444. The van der Waals surface area contributed by atoms with Gasteiger partial charge in [-0.15, -0.1) is 0 Å². The maximum Gasteiger partial charge on any atom is 0.256 e. The van der Waals surface area contributed by atoms with E-state index in [1.807, 2.05) is 0 Å². The summed E-state index contributed by atoms with van der Waals surface area (Å²) in [7, 11) is 1.61. The summed E-state index contributed by atoms with van der Waals surface area (Å²) in [6.07, 6.45) is -2.66. The van der Waals surface area contributed by atoms with Gasteiger partial charge in [0.25, 0.3) is 12.3 Å². The lowest BCUT2D eigenvalue weighted by molar-refractivity contribution is 0.0510. The van der Waals surface area contributed by atoms with Crippen molar-refractivity contribution >= 4 is 23.2 Å². The molecule has 1 aromatic rings. The number of hydrogen-bond donors (Lipinski definition) is 2. The monoisotopic (exact) mass is 292 g/mol. The standard InChI is InChI=1S/C12H15ClF2N2O2/c1-16-10-3-2-8(13)6-9(10)12(19)17(4-5-18)7-11(14)15/h2-3,6,11,16,18H,4-5,7H2,1H3. The molecular formula is C12H15ClF2N2O2. The summed E-state index contributed by atoms with van der Waals surface area (Å²) in [4.78, 5) is 13.1. The second-order valence-corrected chi connectivity index (χ2v) is 4.24. The van der Waals surface area contributed by atoms with E-state index in [2.05, 4.69) is 5.32 Å². The van der Waals surface area contributed by atoms with E-state index in [0.717, 1.165) is 4.90 Å². The normalized spacial score (nSPS) is 10.6. The minimum Gasteiger partial charge on any atom is -0.395 e. The van der Waals surface area contributed by atoms with Crippen LogP contribution in [0.5, 0.6) is 0 Å². The summed E-state index contributed by atoms with van der Waals surface area (Å²) in [5.41, 5.74) is 0.690. The van der Waals surface area contributed by atoms with Crippen molar-refractivity contribution in [3.63, 3.8) is 0 Å². The van der Waals surface area contributed by atoms with Gasteiger partial charge in [0, 0.05) is 24.3 Å². The summed E-state index contributed by atoms with van der Waals surface area (Å²) in [6, 6.07) is 4.59. The maximum absolute atomic E-state index is 12.4. The molecule has 106 valence electrons. The molecule has 0 heterocycles. The largest absolute Gasteiger partial charge is 0.395 e. The lowest BCUT2D eigenvalue weighted by atomic mass is 10.1. The molecule has 0 saturated carbocycles. The van der Waals surface area contributed by atoms with E-state index in [4.69, 9.17) is 16.7 Å². The van der Waals surface area contributed by atoms with Crippen LogP contribution in [0.2, 0.25) is 5.02 Å². The summed E-state index contributed by atoms with van der Waals surface area (Å²) in [5.74, 6) is -0.596. The Morgan fingerprint density at radius 2 is 2.21 bits per heavy atom. The molecule has 0 bridgehead atoms. The van der Waals surface area contributed by atoms with Gasteiger partial charge >= 0.3 is 0 Å². The number of carbonyl (C=O) groups excluding carboxylic acids is 1. The van der Waals surface area contributed by atoms with Crippen LogP contribution in [0.25, 0.3) is 0 Å². The molecule has 1 aromatic carbocycles. The highest BCUT2D eigenvalue weighted by atomic mass is 35.5. The predicted octanol–water partition coefficient (Wildman–Crippen LogP) is 2.08. The zero-order valence-electron chi connectivity index (χ0n) is 10.4. The van der Waals surface area contributed by atoms with Crippen LogP contribution in [0.4, 0.5) is 14.5 Å². The van der Waals surface area contributed by atoms with Crippen LogP contribution in [-0.2, 0) is 0 Å². The lowest BCUT2D eigenvalue weighted by Gasteiger charge is -2.22. The second kappa shape index (κ2) is 7.25. The number of halogens is 3. The average molecular weight is 293 g/mol. The minimum atomic E-state index is -2.66. The van der Waals surface area contributed by atoms with Crippen molar-refractivity contribution in [3.05, 3.63) is 28.8 Å². The lowest BCUT2D eigenvalue weighted by Crippen LogP contribution is -2.37. The van der Waals surface area contributed by atoms with Crippen molar-refractivity contribution in [2.75, 3.05) is 32.1 Å². The van der Waals surface area contributed by atoms with Crippen LogP contribution >= 0.6 is 11.6 Å². The Morgan fingerprint density at radius 3 is 2.74 bits per heavy atom. The molecule has 1 amide bonds. The molecule has 0 atom stereocenters. The average Bonchev–Trinajstić information content (AvgIpc) is 2.37. The minimum absolute atomic E-state index is 0.154. The van der Waals surface area contributed by atoms with Gasteiger partial charge in [0.05, 0.1) is 18.7 Å². The molecule has 2 N–H and O–H groups in total. The smallest absolute Gasteiger partial charge is 0.256 e. The van der Waals surface area contributed by atoms with Crippen molar-refractivity contribution in [1.82, 2.24) is 4.90 Å². The first-order chi connectivity index (χ1) is 8.99. The van der Waals surface area contributed by atoms with Crippen LogP contribution < -0.4 is 5.32 Å². The number of aliphatic hydroxyl groups is 1. The van der Waals surface area contributed by atoms with Crippen LogP contribution in [0.3, 0.4) is 0 Å². The first-order valence-corrected chi connectivity index (χ1v) is 6.03. The molecule has 0 fully saturated rings. The molecule has 19 heavy (non-hydrogen) atoms. The molecule has 1 rings (SSSR count). The van der Waals surface area contributed by atoms with Crippen molar-refractivity contribution < 1.29 is 18.7 Å². The first-order valence-electron chi connectivity index (χ1n) is 5.65. The number of nitrogens with zero attached hydrogens (tertiary/aromatic N) is 1. The van der Waals surface area contributed by atoms with Crippen LogP contribution in [0.1, 0.15) is 10.4 Å². The highest BCUT2D eigenvalue weighted by Gasteiger charge is 2.21. The summed E-state index contributed by atoms with van der Waals surface area (Å²) >= 11 is 5.81. The molecule has 0 aliphatic heterocycles. The molecule has 0 aliphatic rings. The number of carbonyl (C=O) groups is 1. The maximum atomic E-state index is 12.4. The number of anilines is 1. The predicted molar refractivity (Wildman–Crippen MR) is 70.0 cm³/mol. The van der Waals surface area contributed by atoms with Gasteiger partial charge in [-0.3, -0.25) is 4.79 Å². The van der Waals surface area contributed by atoms with Gasteiger partial charge in [0.1, 0.15) is 0 Å². The van der Waals surface area contributed by atoms with Crippen molar-refractivity contribution in [1.29, 1.82) is 0 Å². The molecule has 7 heteroatoms. The van der Waals surface area contributed by atoms with E-state index in [-0.39, 0.29) is 18.7 Å². The van der Waals surface area contributed by atoms with E-state index < -0.39 is 18.9 Å². The first kappa shape index (κ1) is 15.7. The summed E-state index contributed by atoms with van der Waals surface area (Å²) in [6.45, 7) is -1.26. The molecule has 0 spiro atoms. The van der Waals surface area contributed by atoms with Crippen LogP contribution in [-0.4, -0.2) is 49.1 Å². The van der Waals surface area contributed by atoms with Crippen molar-refractivity contribution in [2.24, 2.45) is 0 Å². The fourth-order valence-electron chi connectivity index (χ4n) is 1.64. The van der Waals surface area contributed by atoms with Gasteiger partial charge in [-0.1, -0.05) is 11.6 Å². The Kier molecular flexibility index (Phi) is 5.98. The third-order valence-electron chi connectivity index (χ3n) is 2.50. The van der Waals surface area contributed by atoms with Gasteiger partial charge in [-0.05, 0) is 18.2 Å². The molecule has 0 unspecified atom stereocenters. The molecule has 0 aliphatic carbocycles. The summed E-state index contributed by atoms with van der Waals surface area (Å²) < 4.78 is 24.9. The third kappa shape index (κ3) is 4.33.